The highest BCUT2D eigenvalue weighted by Gasteiger charge is 2.21. The second kappa shape index (κ2) is 6.41. The number of pyridine rings is 1. The van der Waals surface area contributed by atoms with Gasteiger partial charge in [-0.25, -0.2) is 4.98 Å². The molecule has 5 nitrogen and oxygen atoms in total. The minimum atomic E-state index is 0.442. The Hall–Kier alpha value is -2.73. The van der Waals surface area contributed by atoms with Crippen LogP contribution in [0.2, 0.25) is 0 Å². The Labute approximate surface area is 144 Å². The number of nitrogens with two attached hydrogens (primary N) is 1. The number of nitrogens with one attached hydrogen (secondary N) is 1. The summed E-state index contributed by atoms with van der Waals surface area (Å²) >= 11 is 1.43. The molecule has 0 amide bonds. The third-order valence-corrected chi connectivity index (χ3v) is 4.66. The van der Waals surface area contributed by atoms with Crippen molar-refractivity contribution in [1.29, 1.82) is 5.41 Å². The van der Waals surface area contributed by atoms with Crippen LogP contribution in [0, 0.1) is 12.3 Å². The van der Waals surface area contributed by atoms with E-state index in [4.69, 9.17) is 20.5 Å². The highest BCUT2D eigenvalue weighted by molar-refractivity contribution is 7.15. The van der Waals surface area contributed by atoms with Crippen LogP contribution in [0.25, 0.3) is 17.0 Å². The van der Waals surface area contributed by atoms with E-state index in [2.05, 4.69) is 4.98 Å². The molecule has 0 aliphatic rings. The first kappa shape index (κ1) is 16.1. The second-order valence-corrected chi connectivity index (χ2v) is 6.50. The number of hydrogen-bond acceptors (Lipinski definition) is 6. The molecule has 0 saturated heterocycles. The molecule has 0 fully saturated rings. The third kappa shape index (κ3) is 3.00. The predicted molar refractivity (Wildman–Crippen MR) is 97.2 cm³/mol. The summed E-state index contributed by atoms with van der Waals surface area (Å²) in [6.07, 6.45) is 1.73. The number of rotatable bonds is 4. The lowest BCUT2D eigenvalue weighted by molar-refractivity contribution is 0.546. The number of allylic oxidation sites excluding steroid dienone is 1. The Morgan fingerprint density at radius 3 is 2.54 bits per heavy atom. The fraction of sp³-hybridized carbons (Fsp3) is 0.167. The van der Waals surface area contributed by atoms with Crippen molar-refractivity contribution in [3.8, 4) is 11.5 Å². The lowest BCUT2D eigenvalue weighted by atomic mass is 10.1. The van der Waals surface area contributed by atoms with E-state index in [1.165, 1.54) is 11.3 Å². The van der Waals surface area contributed by atoms with Crippen LogP contribution in [-0.4, -0.2) is 15.7 Å². The lowest BCUT2D eigenvalue weighted by Gasteiger charge is -2.05. The smallest absolute Gasteiger partial charge is 0.154 e. The quantitative estimate of drug-likeness (QED) is 0.697. The summed E-state index contributed by atoms with van der Waals surface area (Å²) in [5, 5.41) is 8.80. The van der Waals surface area contributed by atoms with E-state index in [0.717, 1.165) is 26.9 Å². The van der Waals surface area contributed by atoms with E-state index in [9.17, 15) is 0 Å². The van der Waals surface area contributed by atoms with E-state index >= 15 is 0 Å². The van der Waals surface area contributed by atoms with Crippen LogP contribution in [0.4, 0.5) is 0 Å². The topological polar surface area (TPSA) is 88.8 Å². The SMILES string of the molecule is CC(=N)c1sc(C(=C(C)N)c2ccccn2)nc1-c1ccc(C)o1. The number of thiazole rings is 1. The molecule has 0 unspecified atom stereocenters. The van der Waals surface area contributed by atoms with Crippen molar-refractivity contribution in [1.82, 2.24) is 9.97 Å². The van der Waals surface area contributed by atoms with Crippen molar-refractivity contribution >= 4 is 22.6 Å². The van der Waals surface area contributed by atoms with Gasteiger partial charge in [-0.15, -0.1) is 11.3 Å². The number of hydrogen-bond donors (Lipinski definition) is 2. The molecule has 0 saturated carbocycles. The van der Waals surface area contributed by atoms with E-state index in [1.807, 2.05) is 44.2 Å². The Balaban J connectivity index is 2.18. The zero-order valence-electron chi connectivity index (χ0n) is 13.8. The van der Waals surface area contributed by atoms with Crippen molar-refractivity contribution in [3.63, 3.8) is 0 Å². The predicted octanol–water partition coefficient (Wildman–Crippen LogP) is 4.23. The van der Waals surface area contributed by atoms with Crippen LogP contribution >= 0.6 is 11.3 Å². The summed E-state index contributed by atoms with van der Waals surface area (Å²) < 4.78 is 5.70. The lowest BCUT2D eigenvalue weighted by Crippen LogP contribution is -2.01. The van der Waals surface area contributed by atoms with E-state index in [0.29, 0.717) is 22.9 Å². The van der Waals surface area contributed by atoms with Crippen molar-refractivity contribution in [2.75, 3.05) is 0 Å². The van der Waals surface area contributed by atoms with E-state index in [-0.39, 0.29) is 0 Å². The van der Waals surface area contributed by atoms with Crippen LogP contribution in [-0.2, 0) is 0 Å². The standard InChI is InChI=1S/C18H18N4OS/c1-10-7-8-14(23-10)16-17(12(3)20)24-18(22-16)15(11(2)19)13-6-4-5-9-21-13/h4-9,20H,19H2,1-3H3. The molecule has 3 aromatic heterocycles. The Bertz CT molecular complexity index is 918. The molecule has 0 bridgehead atoms. The molecule has 3 aromatic rings. The fourth-order valence-electron chi connectivity index (χ4n) is 2.40. The van der Waals surface area contributed by atoms with E-state index in [1.54, 1.807) is 13.1 Å². The summed E-state index contributed by atoms with van der Waals surface area (Å²) in [5.41, 5.74) is 9.42. The normalized spacial score (nSPS) is 12.1. The molecule has 0 atom stereocenters. The van der Waals surface area contributed by atoms with E-state index < -0.39 is 0 Å². The monoisotopic (exact) mass is 338 g/mol. The van der Waals surface area contributed by atoms with Gasteiger partial charge in [0, 0.05) is 17.6 Å². The van der Waals surface area contributed by atoms with Gasteiger partial charge in [0.2, 0.25) is 0 Å². The van der Waals surface area contributed by atoms with Gasteiger partial charge in [-0.1, -0.05) is 6.07 Å². The first-order valence-electron chi connectivity index (χ1n) is 7.48. The van der Waals surface area contributed by atoms with Gasteiger partial charge in [0.05, 0.1) is 16.1 Å². The highest BCUT2D eigenvalue weighted by Crippen LogP contribution is 2.35. The minimum absolute atomic E-state index is 0.442. The van der Waals surface area contributed by atoms with Crippen LogP contribution in [0.1, 0.15) is 35.2 Å². The first-order valence-corrected chi connectivity index (χ1v) is 8.30. The molecule has 24 heavy (non-hydrogen) atoms. The van der Waals surface area contributed by atoms with Gasteiger partial charge >= 0.3 is 0 Å². The van der Waals surface area contributed by atoms with Gasteiger partial charge in [0.25, 0.3) is 0 Å². The average molecular weight is 338 g/mol. The molecule has 0 aliphatic heterocycles. The van der Waals surface area contributed by atoms with Crippen LogP contribution in [0.5, 0.6) is 0 Å². The largest absolute Gasteiger partial charge is 0.460 e. The zero-order chi connectivity index (χ0) is 17.3. The Kier molecular flexibility index (Phi) is 4.31. The maximum absolute atomic E-state index is 8.06. The molecular formula is C18H18N4OS. The Morgan fingerprint density at radius 2 is 2.00 bits per heavy atom. The van der Waals surface area contributed by atoms with Gasteiger partial charge < -0.3 is 15.6 Å². The molecule has 3 rings (SSSR count). The molecule has 0 aromatic carbocycles. The van der Waals surface area contributed by atoms with Gasteiger partial charge in [0.15, 0.2) is 5.76 Å². The first-order chi connectivity index (χ1) is 11.5. The molecule has 0 spiro atoms. The summed E-state index contributed by atoms with van der Waals surface area (Å²) in [6.45, 7) is 5.46. The van der Waals surface area contributed by atoms with Gasteiger partial charge in [0.1, 0.15) is 16.5 Å². The number of furan rings is 1. The maximum Gasteiger partial charge on any atom is 0.154 e. The second-order valence-electron chi connectivity index (χ2n) is 5.51. The maximum atomic E-state index is 8.06. The van der Waals surface area contributed by atoms with Gasteiger partial charge in [-0.05, 0) is 45.0 Å². The number of nitrogens with zero attached hydrogens (tertiary/aromatic N) is 2. The molecule has 3 N–H and O–H groups in total. The summed E-state index contributed by atoms with van der Waals surface area (Å²) in [4.78, 5) is 9.88. The summed E-state index contributed by atoms with van der Waals surface area (Å²) in [5.74, 6) is 1.47. The van der Waals surface area contributed by atoms with Crippen molar-refractivity contribution in [2.24, 2.45) is 5.73 Å². The molecule has 3 heterocycles. The van der Waals surface area contributed by atoms with Crippen molar-refractivity contribution in [2.45, 2.75) is 20.8 Å². The zero-order valence-corrected chi connectivity index (χ0v) is 14.6. The number of aryl methyl sites for hydroxylation is 1. The molecule has 0 radical (unpaired) electrons. The van der Waals surface area contributed by atoms with Crippen LogP contribution in [0.15, 0.2) is 46.6 Å². The fourth-order valence-corrected chi connectivity index (χ4v) is 3.49. The van der Waals surface area contributed by atoms with Crippen molar-refractivity contribution < 1.29 is 4.42 Å². The number of aromatic nitrogens is 2. The Morgan fingerprint density at radius 1 is 1.21 bits per heavy atom. The highest BCUT2D eigenvalue weighted by atomic mass is 32.1. The third-order valence-electron chi connectivity index (χ3n) is 3.47. The summed E-state index contributed by atoms with van der Waals surface area (Å²) in [7, 11) is 0. The summed E-state index contributed by atoms with van der Waals surface area (Å²) in [6, 6.07) is 9.44. The van der Waals surface area contributed by atoms with Gasteiger partial charge in [-0.3, -0.25) is 4.98 Å². The van der Waals surface area contributed by atoms with Crippen molar-refractivity contribution in [3.05, 3.63) is 63.6 Å². The molecular weight excluding hydrogens is 320 g/mol. The molecule has 122 valence electrons. The molecule has 6 heteroatoms. The average Bonchev–Trinajstić information content (AvgIpc) is 3.15. The van der Waals surface area contributed by atoms with Crippen LogP contribution in [0.3, 0.4) is 0 Å². The van der Waals surface area contributed by atoms with Gasteiger partial charge in [-0.2, -0.15) is 0 Å². The minimum Gasteiger partial charge on any atom is -0.460 e. The molecule has 0 aliphatic carbocycles. The van der Waals surface area contributed by atoms with Crippen LogP contribution < -0.4 is 5.73 Å².